The van der Waals surface area contributed by atoms with Crippen molar-refractivity contribution in [2.24, 2.45) is 5.92 Å². The molecule has 0 aromatic heterocycles. The van der Waals surface area contributed by atoms with Gasteiger partial charge in [-0.3, -0.25) is 14.4 Å². The Bertz CT molecular complexity index is 1570. The smallest absolute Gasteiger partial charge is 0.416 e. The molecule has 0 spiro atoms. The minimum atomic E-state index is -4.56. The SMILES string of the molecule is CC(C)(C)c1ccc([C@H]2C=C3Nc4ccccc4N(C(=O)CCC(=O)O)[C@H](c4ccc(C(F)(F)F)cc4)[C@@H]3C(=O)C2)cc1. The van der Waals surface area contributed by atoms with Crippen LogP contribution in [0.2, 0.25) is 0 Å². The van der Waals surface area contributed by atoms with Crippen LogP contribution < -0.4 is 10.2 Å². The average molecular weight is 591 g/mol. The van der Waals surface area contributed by atoms with E-state index in [4.69, 9.17) is 0 Å². The maximum Gasteiger partial charge on any atom is 0.416 e. The van der Waals surface area contributed by atoms with Gasteiger partial charge < -0.3 is 15.3 Å². The molecule has 9 heteroatoms. The van der Waals surface area contributed by atoms with Crippen LogP contribution in [0.4, 0.5) is 24.5 Å². The largest absolute Gasteiger partial charge is 0.481 e. The molecule has 0 radical (unpaired) electrons. The number of hydrogen-bond acceptors (Lipinski definition) is 4. The number of hydrogen-bond donors (Lipinski definition) is 2. The Hall–Kier alpha value is -4.40. The van der Waals surface area contributed by atoms with E-state index in [1.54, 1.807) is 24.3 Å². The lowest BCUT2D eigenvalue weighted by Crippen LogP contribution is -2.42. The van der Waals surface area contributed by atoms with E-state index in [0.29, 0.717) is 22.6 Å². The normalized spacial score (nSPS) is 20.3. The van der Waals surface area contributed by atoms with Crippen LogP contribution in [-0.4, -0.2) is 22.8 Å². The Kier molecular flexibility index (Phi) is 7.94. The second-order valence-electron chi connectivity index (χ2n) is 12.1. The predicted molar refractivity (Wildman–Crippen MR) is 158 cm³/mol. The molecule has 6 nitrogen and oxygen atoms in total. The van der Waals surface area contributed by atoms with Crippen LogP contribution >= 0.6 is 0 Å². The summed E-state index contributed by atoms with van der Waals surface area (Å²) in [5, 5.41) is 12.6. The van der Waals surface area contributed by atoms with Crippen LogP contribution in [0.25, 0.3) is 0 Å². The Morgan fingerprint density at radius 2 is 1.49 bits per heavy atom. The summed E-state index contributed by atoms with van der Waals surface area (Å²) < 4.78 is 40.3. The van der Waals surface area contributed by atoms with E-state index in [1.165, 1.54) is 17.0 Å². The molecular formula is C34H33F3N2O4. The van der Waals surface area contributed by atoms with Gasteiger partial charge in [-0.2, -0.15) is 13.2 Å². The number of fused-ring (bicyclic) bond motifs is 2. The van der Waals surface area contributed by atoms with Crippen LogP contribution in [0, 0.1) is 5.92 Å². The lowest BCUT2D eigenvalue weighted by Gasteiger charge is -2.37. The Morgan fingerprint density at radius 1 is 0.884 bits per heavy atom. The molecule has 5 rings (SSSR count). The number of halogens is 3. The number of carboxylic acid groups (broad SMARTS) is 1. The molecule has 43 heavy (non-hydrogen) atoms. The number of carbonyl (C=O) groups excluding carboxylic acids is 2. The minimum absolute atomic E-state index is 0.0391. The molecule has 1 heterocycles. The van der Waals surface area contributed by atoms with E-state index in [1.807, 2.05) is 30.3 Å². The summed E-state index contributed by atoms with van der Waals surface area (Å²) in [5.41, 5.74) is 3.06. The fourth-order valence-electron chi connectivity index (χ4n) is 5.88. The second-order valence-corrected chi connectivity index (χ2v) is 12.1. The molecule has 0 saturated carbocycles. The molecule has 0 fully saturated rings. The molecule has 2 aliphatic rings. The quantitative estimate of drug-likeness (QED) is 0.319. The van der Waals surface area contributed by atoms with Crippen LogP contribution in [0.15, 0.2) is 84.6 Å². The number of carboxylic acids is 1. The summed E-state index contributed by atoms with van der Waals surface area (Å²) in [6, 6.07) is 18.5. The average Bonchev–Trinajstić information content (AvgIpc) is 3.10. The zero-order chi connectivity index (χ0) is 31.1. The standard InChI is InChI=1S/C34H33F3N2O4/c1-33(2,3)23-12-8-20(9-13-23)22-18-26-31(28(40)19-22)32(21-10-14-24(15-11-21)34(35,36)37)39(29(41)16-17-30(42)43)27-7-5-4-6-25(27)38-26/h4-15,18,22,31-32,38H,16-17,19H2,1-3H3,(H,42,43)/t22-,31-,32+/m0/s1. The van der Waals surface area contributed by atoms with Gasteiger partial charge >= 0.3 is 12.1 Å². The third kappa shape index (κ3) is 6.21. The van der Waals surface area contributed by atoms with Crippen LogP contribution in [-0.2, 0) is 26.0 Å². The van der Waals surface area contributed by atoms with Gasteiger partial charge in [-0.05, 0) is 46.4 Å². The number of alkyl halides is 3. The number of para-hydroxylation sites is 2. The number of rotatable bonds is 5. The van der Waals surface area contributed by atoms with Crippen molar-refractivity contribution in [1.29, 1.82) is 0 Å². The van der Waals surface area contributed by atoms with E-state index < -0.39 is 42.0 Å². The van der Waals surface area contributed by atoms with Gasteiger partial charge in [0.05, 0.1) is 35.3 Å². The molecule has 0 unspecified atom stereocenters. The van der Waals surface area contributed by atoms with Crippen LogP contribution in [0.1, 0.15) is 74.2 Å². The first-order chi connectivity index (χ1) is 20.2. The summed E-state index contributed by atoms with van der Waals surface area (Å²) >= 11 is 0. The topological polar surface area (TPSA) is 86.7 Å². The number of allylic oxidation sites excluding steroid dienone is 1. The highest BCUT2D eigenvalue weighted by molar-refractivity contribution is 6.02. The van der Waals surface area contributed by atoms with Gasteiger partial charge in [0.2, 0.25) is 5.91 Å². The van der Waals surface area contributed by atoms with Gasteiger partial charge in [-0.25, -0.2) is 0 Å². The number of Topliss-reactive ketones (excluding diaryl/α,β-unsaturated/α-hetero) is 1. The summed E-state index contributed by atoms with van der Waals surface area (Å²) in [6.45, 7) is 6.36. The number of carbonyl (C=O) groups is 3. The highest BCUT2D eigenvalue weighted by Gasteiger charge is 2.45. The van der Waals surface area contributed by atoms with Gasteiger partial charge in [-0.1, -0.05) is 75.4 Å². The summed E-state index contributed by atoms with van der Waals surface area (Å²) in [7, 11) is 0. The Morgan fingerprint density at radius 3 is 2.09 bits per heavy atom. The lowest BCUT2D eigenvalue weighted by atomic mass is 9.75. The zero-order valence-electron chi connectivity index (χ0n) is 24.1. The first-order valence-electron chi connectivity index (χ1n) is 14.2. The van der Waals surface area contributed by atoms with Crippen molar-refractivity contribution < 1.29 is 32.7 Å². The maximum absolute atomic E-state index is 14.1. The fourth-order valence-corrected chi connectivity index (χ4v) is 5.88. The minimum Gasteiger partial charge on any atom is -0.481 e. The molecule has 1 amide bonds. The number of amides is 1. The van der Waals surface area contributed by atoms with E-state index in [0.717, 1.165) is 23.3 Å². The van der Waals surface area contributed by atoms with Crippen molar-refractivity contribution >= 4 is 29.0 Å². The van der Waals surface area contributed by atoms with E-state index in [-0.39, 0.29) is 30.0 Å². The number of aliphatic carboxylic acids is 1. The maximum atomic E-state index is 14.1. The summed E-state index contributed by atoms with van der Waals surface area (Å²) in [4.78, 5) is 40.6. The molecule has 2 N–H and O–H groups in total. The van der Waals surface area contributed by atoms with Crippen molar-refractivity contribution in [3.05, 3.63) is 107 Å². The Balaban J connectivity index is 1.65. The number of nitrogens with zero attached hydrogens (tertiary/aromatic N) is 1. The Labute approximate surface area is 248 Å². The van der Waals surface area contributed by atoms with Gasteiger partial charge in [0.25, 0.3) is 0 Å². The van der Waals surface area contributed by atoms with E-state index >= 15 is 0 Å². The molecular weight excluding hydrogens is 557 g/mol. The van der Waals surface area contributed by atoms with Gasteiger partial charge in [0.1, 0.15) is 5.78 Å². The third-order valence-corrected chi connectivity index (χ3v) is 8.13. The highest BCUT2D eigenvalue weighted by Crippen LogP contribution is 2.48. The fraction of sp³-hybridized carbons (Fsp3) is 0.324. The number of nitrogens with one attached hydrogen (secondary N) is 1. The molecule has 3 aromatic carbocycles. The molecule has 0 bridgehead atoms. The monoisotopic (exact) mass is 590 g/mol. The summed E-state index contributed by atoms with van der Waals surface area (Å²) in [6.07, 6.45) is -3.23. The summed E-state index contributed by atoms with van der Waals surface area (Å²) in [5.74, 6) is -3.05. The van der Waals surface area contributed by atoms with Crippen molar-refractivity contribution in [3.63, 3.8) is 0 Å². The molecule has 1 aliphatic carbocycles. The van der Waals surface area contributed by atoms with Gasteiger partial charge in [-0.15, -0.1) is 0 Å². The lowest BCUT2D eigenvalue weighted by molar-refractivity contribution is -0.138. The number of ketones is 1. The second kappa shape index (κ2) is 11.4. The highest BCUT2D eigenvalue weighted by atomic mass is 19.4. The van der Waals surface area contributed by atoms with Crippen molar-refractivity contribution in [1.82, 2.24) is 0 Å². The third-order valence-electron chi connectivity index (χ3n) is 8.13. The zero-order valence-corrected chi connectivity index (χ0v) is 24.1. The van der Waals surface area contributed by atoms with Crippen molar-refractivity contribution in [2.45, 2.75) is 63.6 Å². The predicted octanol–water partition coefficient (Wildman–Crippen LogP) is 7.62. The first-order valence-corrected chi connectivity index (χ1v) is 14.2. The molecule has 3 aromatic rings. The van der Waals surface area contributed by atoms with Crippen molar-refractivity contribution in [3.8, 4) is 0 Å². The molecule has 3 atom stereocenters. The first kappa shape index (κ1) is 30.1. The molecule has 0 saturated heterocycles. The number of benzene rings is 3. The number of anilines is 2. The molecule has 1 aliphatic heterocycles. The van der Waals surface area contributed by atoms with E-state index in [9.17, 15) is 32.7 Å². The van der Waals surface area contributed by atoms with E-state index in [2.05, 4.69) is 26.1 Å². The van der Waals surface area contributed by atoms with Gasteiger partial charge in [0, 0.05) is 24.5 Å². The molecule has 224 valence electrons. The van der Waals surface area contributed by atoms with Crippen molar-refractivity contribution in [2.75, 3.05) is 10.2 Å². The van der Waals surface area contributed by atoms with Crippen LogP contribution in [0.3, 0.4) is 0 Å². The van der Waals surface area contributed by atoms with Crippen LogP contribution in [0.5, 0.6) is 0 Å². The van der Waals surface area contributed by atoms with Gasteiger partial charge in [0.15, 0.2) is 0 Å².